The minimum atomic E-state index is 0.736. The molecular formula is C15H17ClN2. The van der Waals surface area contributed by atoms with E-state index < -0.39 is 0 Å². The zero-order valence-corrected chi connectivity index (χ0v) is 11.5. The first kappa shape index (κ1) is 12.9. The van der Waals surface area contributed by atoms with Gasteiger partial charge in [0.05, 0.1) is 12.2 Å². The van der Waals surface area contributed by atoms with E-state index in [2.05, 4.69) is 48.0 Å². The van der Waals surface area contributed by atoms with Crippen LogP contribution in [0.25, 0.3) is 0 Å². The third-order valence-electron chi connectivity index (χ3n) is 2.91. The van der Waals surface area contributed by atoms with Crippen molar-refractivity contribution in [2.75, 3.05) is 11.4 Å². The summed E-state index contributed by atoms with van der Waals surface area (Å²) in [5.41, 5.74) is 3.48. The van der Waals surface area contributed by atoms with E-state index in [-0.39, 0.29) is 0 Å². The van der Waals surface area contributed by atoms with E-state index in [4.69, 9.17) is 11.6 Å². The maximum absolute atomic E-state index is 5.98. The minimum Gasteiger partial charge on any atom is -0.366 e. The summed E-state index contributed by atoms with van der Waals surface area (Å²) < 4.78 is 0. The van der Waals surface area contributed by atoms with Crippen molar-refractivity contribution in [3.63, 3.8) is 0 Å². The molecular weight excluding hydrogens is 244 g/mol. The summed E-state index contributed by atoms with van der Waals surface area (Å²) in [5.74, 6) is 0. The fourth-order valence-electron chi connectivity index (χ4n) is 1.87. The molecule has 0 unspecified atom stereocenters. The molecule has 94 valence electrons. The van der Waals surface area contributed by atoms with Gasteiger partial charge in [0.1, 0.15) is 0 Å². The molecule has 2 aromatic rings. The molecule has 18 heavy (non-hydrogen) atoms. The second-order valence-electron chi connectivity index (χ2n) is 4.32. The van der Waals surface area contributed by atoms with E-state index in [0.717, 1.165) is 23.8 Å². The summed E-state index contributed by atoms with van der Waals surface area (Å²) in [6.45, 7) is 5.96. The van der Waals surface area contributed by atoms with Gasteiger partial charge in [-0.1, -0.05) is 29.3 Å². The maximum atomic E-state index is 5.98. The molecule has 0 saturated heterocycles. The van der Waals surface area contributed by atoms with Crippen molar-refractivity contribution in [3.8, 4) is 0 Å². The average molecular weight is 261 g/mol. The number of benzene rings is 1. The van der Waals surface area contributed by atoms with Gasteiger partial charge in [-0.05, 0) is 38.1 Å². The summed E-state index contributed by atoms with van der Waals surface area (Å²) >= 11 is 5.98. The van der Waals surface area contributed by atoms with Gasteiger partial charge in [-0.2, -0.15) is 0 Å². The number of pyridine rings is 1. The Balaban J connectivity index is 2.17. The van der Waals surface area contributed by atoms with Gasteiger partial charge in [0.25, 0.3) is 0 Å². The molecule has 0 aliphatic rings. The Bertz CT molecular complexity index is 508. The van der Waals surface area contributed by atoms with Gasteiger partial charge in [-0.25, -0.2) is 0 Å². The van der Waals surface area contributed by atoms with Gasteiger partial charge in [0, 0.05) is 23.5 Å². The zero-order chi connectivity index (χ0) is 13.0. The van der Waals surface area contributed by atoms with E-state index in [1.54, 1.807) is 12.3 Å². The Kier molecular flexibility index (Phi) is 4.21. The molecule has 0 bridgehead atoms. The molecule has 0 N–H and O–H groups in total. The van der Waals surface area contributed by atoms with Crippen molar-refractivity contribution >= 4 is 17.3 Å². The van der Waals surface area contributed by atoms with E-state index in [1.807, 2.05) is 6.07 Å². The summed E-state index contributed by atoms with van der Waals surface area (Å²) in [7, 11) is 0. The van der Waals surface area contributed by atoms with Crippen molar-refractivity contribution in [1.29, 1.82) is 0 Å². The summed E-state index contributed by atoms with van der Waals surface area (Å²) in [4.78, 5) is 6.62. The molecule has 3 heteroatoms. The molecule has 0 aliphatic heterocycles. The van der Waals surface area contributed by atoms with Crippen LogP contribution in [0, 0.1) is 6.92 Å². The molecule has 0 amide bonds. The van der Waals surface area contributed by atoms with Crippen molar-refractivity contribution in [2.45, 2.75) is 20.4 Å². The Morgan fingerprint density at radius 1 is 1.17 bits per heavy atom. The molecule has 0 spiro atoms. The van der Waals surface area contributed by atoms with Gasteiger partial charge >= 0.3 is 0 Å². The molecule has 0 saturated carbocycles. The highest BCUT2D eigenvalue weighted by molar-refractivity contribution is 6.30. The van der Waals surface area contributed by atoms with Gasteiger partial charge in [-0.15, -0.1) is 0 Å². The molecule has 0 fully saturated rings. The number of aromatic nitrogens is 1. The van der Waals surface area contributed by atoms with Crippen LogP contribution in [-0.4, -0.2) is 11.5 Å². The van der Waals surface area contributed by atoms with Crippen LogP contribution in [0.2, 0.25) is 5.02 Å². The largest absolute Gasteiger partial charge is 0.366 e. The smallest absolute Gasteiger partial charge is 0.0611 e. The lowest BCUT2D eigenvalue weighted by Crippen LogP contribution is -2.22. The van der Waals surface area contributed by atoms with Gasteiger partial charge in [0.15, 0.2) is 0 Å². The van der Waals surface area contributed by atoms with E-state index in [0.29, 0.717) is 0 Å². The number of nitrogens with zero attached hydrogens (tertiary/aromatic N) is 2. The van der Waals surface area contributed by atoms with E-state index >= 15 is 0 Å². The van der Waals surface area contributed by atoms with Crippen LogP contribution in [0.1, 0.15) is 18.2 Å². The van der Waals surface area contributed by atoms with Crippen LogP contribution in [0.4, 0.5) is 5.69 Å². The maximum Gasteiger partial charge on any atom is 0.0611 e. The molecule has 1 heterocycles. The van der Waals surface area contributed by atoms with E-state index in [9.17, 15) is 0 Å². The number of halogens is 1. The topological polar surface area (TPSA) is 16.1 Å². The van der Waals surface area contributed by atoms with Crippen LogP contribution in [0.5, 0.6) is 0 Å². The number of anilines is 1. The lowest BCUT2D eigenvalue weighted by atomic mass is 10.2. The first-order valence-corrected chi connectivity index (χ1v) is 6.49. The lowest BCUT2D eigenvalue weighted by molar-refractivity contribution is 0.809. The van der Waals surface area contributed by atoms with Gasteiger partial charge < -0.3 is 4.90 Å². The fraction of sp³-hybridized carbons (Fsp3) is 0.267. The highest BCUT2D eigenvalue weighted by Crippen LogP contribution is 2.18. The van der Waals surface area contributed by atoms with Crippen LogP contribution >= 0.6 is 11.6 Å². The van der Waals surface area contributed by atoms with Crippen LogP contribution in [0.15, 0.2) is 42.6 Å². The van der Waals surface area contributed by atoms with Crippen molar-refractivity contribution in [3.05, 3.63) is 58.9 Å². The Hall–Kier alpha value is -1.54. The van der Waals surface area contributed by atoms with Gasteiger partial charge in [0.2, 0.25) is 0 Å². The first-order valence-electron chi connectivity index (χ1n) is 6.11. The minimum absolute atomic E-state index is 0.736. The number of rotatable bonds is 4. The predicted octanol–water partition coefficient (Wildman–Crippen LogP) is 4.07. The summed E-state index contributed by atoms with van der Waals surface area (Å²) in [5, 5.41) is 0.736. The quantitative estimate of drug-likeness (QED) is 0.824. The van der Waals surface area contributed by atoms with Crippen LogP contribution < -0.4 is 4.90 Å². The van der Waals surface area contributed by atoms with E-state index in [1.165, 1.54) is 11.3 Å². The van der Waals surface area contributed by atoms with Crippen molar-refractivity contribution in [1.82, 2.24) is 4.98 Å². The number of hydrogen-bond donors (Lipinski definition) is 0. The number of hydrogen-bond acceptors (Lipinski definition) is 2. The van der Waals surface area contributed by atoms with Crippen molar-refractivity contribution < 1.29 is 0 Å². The predicted molar refractivity (Wildman–Crippen MR) is 77.2 cm³/mol. The van der Waals surface area contributed by atoms with Crippen LogP contribution in [-0.2, 0) is 6.54 Å². The third kappa shape index (κ3) is 3.23. The number of aryl methyl sites for hydroxylation is 1. The Morgan fingerprint density at radius 2 is 1.89 bits per heavy atom. The van der Waals surface area contributed by atoms with Crippen molar-refractivity contribution in [2.24, 2.45) is 0 Å². The SMILES string of the molecule is CCN(Cc1cc(Cl)ccn1)c1ccc(C)cc1. The first-order chi connectivity index (χ1) is 8.69. The molecule has 1 aromatic carbocycles. The molecule has 2 nitrogen and oxygen atoms in total. The van der Waals surface area contributed by atoms with Gasteiger partial charge in [-0.3, -0.25) is 4.98 Å². The molecule has 1 aromatic heterocycles. The third-order valence-corrected chi connectivity index (χ3v) is 3.15. The fourth-order valence-corrected chi connectivity index (χ4v) is 2.05. The highest BCUT2D eigenvalue weighted by Gasteiger charge is 2.06. The molecule has 0 atom stereocenters. The molecule has 0 aliphatic carbocycles. The molecule has 0 radical (unpaired) electrons. The normalized spacial score (nSPS) is 10.4. The lowest BCUT2D eigenvalue weighted by Gasteiger charge is -2.22. The average Bonchev–Trinajstić information content (AvgIpc) is 2.37. The second-order valence-corrected chi connectivity index (χ2v) is 4.75. The highest BCUT2D eigenvalue weighted by atomic mass is 35.5. The Morgan fingerprint density at radius 3 is 2.50 bits per heavy atom. The monoisotopic (exact) mass is 260 g/mol. The summed E-state index contributed by atoms with van der Waals surface area (Å²) in [6.07, 6.45) is 1.75. The van der Waals surface area contributed by atoms with Crippen LogP contribution in [0.3, 0.4) is 0 Å². The standard InChI is InChI=1S/C15H17ClN2/c1-3-18(15-6-4-12(2)5-7-15)11-14-10-13(16)8-9-17-14/h4-10H,3,11H2,1-2H3. The second kappa shape index (κ2) is 5.87. The zero-order valence-electron chi connectivity index (χ0n) is 10.7. The molecule has 2 rings (SSSR count). The Labute approximate surface area is 113 Å². The summed E-state index contributed by atoms with van der Waals surface area (Å²) in [6, 6.07) is 12.3.